The lowest BCUT2D eigenvalue weighted by Crippen LogP contribution is -2.50. The molecule has 10 heteroatoms. The Labute approximate surface area is 158 Å². The second-order valence-corrected chi connectivity index (χ2v) is 6.73. The molecular formula is C18H18F3N3O4. The second kappa shape index (κ2) is 6.93. The molecule has 1 aliphatic heterocycles. The number of carboxylic acids is 1. The number of likely N-dealkylation sites (tertiary alicyclic amines) is 1. The van der Waals surface area contributed by atoms with Crippen molar-refractivity contribution < 1.29 is 33.0 Å². The predicted molar refractivity (Wildman–Crippen MR) is 91.0 cm³/mol. The number of hydrogen-bond donors (Lipinski definition) is 2. The maximum absolute atomic E-state index is 12.9. The van der Waals surface area contributed by atoms with E-state index in [1.54, 1.807) is 6.92 Å². The number of hydrogen-bond acceptors (Lipinski definition) is 4. The number of aromatic nitrogens is 2. The monoisotopic (exact) mass is 397 g/mol. The predicted octanol–water partition coefficient (Wildman–Crippen LogP) is 2.25. The van der Waals surface area contributed by atoms with E-state index in [9.17, 15) is 27.9 Å². The Balaban J connectivity index is 1.82. The minimum absolute atomic E-state index is 0.0514. The highest BCUT2D eigenvalue weighted by Gasteiger charge is 2.41. The maximum Gasteiger partial charge on any atom is 0.416 e. The van der Waals surface area contributed by atoms with Crippen LogP contribution in [0.2, 0.25) is 0 Å². The third-order valence-electron chi connectivity index (χ3n) is 4.93. The van der Waals surface area contributed by atoms with E-state index in [0.29, 0.717) is 5.69 Å². The molecule has 0 saturated carbocycles. The fraction of sp³-hybridized carbons (Fsp3) is 0.389. The number of halogens is 3. The first-order valence-corrected chi connectivity index (χ1v) is 8.50. The first-order valence-electron chi connectivity index (χ1n) is 8.50. The summed E-state index contributed by atoms with van der Waals surface area (Å²) in [5, 5.41) is 23.1. The van der Waals surface area contributed by atoms with Crippen LogP contribution in [-0.2, 0) is 11.0 Å². The molecule has 0 radical (unpaired) electrons. The molecule has 0 aliphatic carbocycles. The first-order chi connectivity index (χ1) is 13.0. The molecule has 0 unspecified atom stereocenters. The summed E-state index contributed by atoms with van der Waals surface area (Å²) in [7, 11) is 0. The van der Waals surface area contributed by atoms with Crippen LogP contribution >= 0.6 is 0 Å². The van der Waals surface area contributed by atoms with E-state index < -0.39 is 29.2 Å². The molecule has 1 aliphatic rings. The number of piperidine rings is 1. The highest BCUT2D eigenvalue weighted by molar-refractivity contribution is 5.95. The van der Waals surface area contributed by atoms with Gasteiger partial charge in [-0.15, -0.1) is 0 Å². The number of aliphatic carboxylic acids is 1. The van der Waals surface area contributed by atoms with Crippen LogP contribution in [0.15, 0.2) is 30.5 Å². The summed E-state index contributed by atoms with van der Waals surface area (Å²) in [4.78, 5) is 25.2. The number of benzene rings is 1. The van der Waals surface area contributed by atoms with Crippen molar-refractivity contribution in [2.75, 3.05) is 13.1 Å². The number of aliphatic hydroxyl groups is 1. The fourth-order valence-corrected chi connectivity index (χ4v) is 3.16. The van der Waals surface area contributed by atoms with Crippen LogP contribution < -0.4 is 0 Å². The average molecular weight is 397 g/mol. The number of rotatable bonds is 3. The van der Waals surface area contributed by atoms with Gasteiger partial charge in [-0.3, -0.25) is 4.79 Å². The number of nitrogens with zero attached hydrogens (tertiary/aromatic N) is 3. The Bertz CT molecular complexity index is 915. The minimum Gasteiger partial charge on any atom is -0.479 e. The van der Waals surface area contributed by atoms with Gasteiger partial charge in [-0.2, -0.15) is 18.3 Å². The lowest BCUT2D eigenvalue weighted by atomic mass is 9.91. The topological polar surface area (TPSA) is 95.7 Å². The zero-order valence-corrected chi connectivity index (χ0v) is 14.9. The summed E-state index contributed by atoms with van der Waals surface area (Å²) in [5.41, 5.74) is -1.93. The van der Waals surface area contributed by atoms with Crippen molar-refractivity contribution >= 4 is 11.9 Å². The van der Waals surface area contributed by atoms with E-state index in [0.717, 1.165) is 12.1 Å². The standard InChI is InChI=1S/C18H18F3N3O4/c1-11-14(15(25)23-7-5-17(28,6-8-23)16(26)27)10-22-24(11)13-4-2-3-12(9-13)18(19,20)21/h2-4,9-10,28H,5-8H2,1H3,(H,26,27). The molecule has 0 spiro atoms. The molecule has 2 N–H and O–H groups in total. The summed E-state index contributed by atoms with van der Waals surface area (Å²) >= 11 is 0. The van der Waals surface area contributed by atoms with Crippen molar-refractivity contribution in [3.8, 4) is 5.69 Å². The summed E-state index contributed by atoms with van der Waals surface area (Å²) in [6.45, 7) is 1.67. The normalized spacial score (nSPS) is 16.8. The van der Waals surface area contributed by atoms with E-state index in [1.807, 2.05) is 0 Å². The average Bonchev–Trinajstić information content (AvgIpc) is 3.02. The Hall–Kier alpha value is -2.88. The van der Waals surface area contributed by atoms with Gasteiger partial charge in [0.25, 0.3) is 5.91 Å². The van der Waals surface area contributed by atoms with Gasteiger partial charge in [0.2, 0.25) is 0 Å². The fourth-order valence-electron chi connectivity index (χ4n) is 3.16. The third kappa shape index (κ3) is 3.59. The quantitative estimate of drug-likeness (QED) is 0.828. The van der Waals surface area contributed by atoms with Crippen LogP contribution in [0.5, 0.6) is 0 Å². The summed E-state index contributed by atoms with van der Waals surface area (Å²) < 4.78 is 40.0. The lowest BCUT2D eigenvalue weighted by molar-refractivity contribution is -0.162. The van der Waals surface area contributed by atoms with Crippen LogP contribution in [0, 0.1) is 6.92 Å². The van der Waals surface area contributed by atoms with Crippen molar-refractivity contribution in [1.29, 1.82) is 0 Å². The molecule has 1 amide bonds. The van der Waals surface area contributed by atoms with E-state index in [2.05, 4.69) is 5.10 Å². The zero-order valence-electron chi connectivity index (χ0n) is 14.9. The highest BCUT2D eigenvalue weighted by Crippen LogP contribution is 2.31. The van der Waals surface area contributed by atoms with Crippen molar-refractivity contribution in [1.82, 2.24) is 14.7 Å². The molecule has 1 saturated heterocycles. The van der Waals surface area contributed by atoms with Crippen LogP contribution in [-0.4, -0.2) is 55.5 Å². The molecule has 2 heterocycles. The third-order valence-corrected chi connectivity index (χ3v) is 4.93. The SMILES string of the molecule is Cc1c(C(=O)N2CCC(O)(C(=O)O)CC2)cnn1-c1cccc(C(F)(F)F)c1. The van der Waals surface area contributed by atoms with Crippen molar-refractivity contribution in [3.63, 3.8) is 0 Å². The highest BCUT2D eigenvalue weighted by atomic mass is 19.4. The molecule has 1 aromatic heterocycles. The molecule has 3 rings (SSSR count). The van der Waals surface area contributed by atoms with E-state index >= 15 is 0 Å². The van der Waals surface area contributed by atoms with Gasteiger partial charge in [-0.1, -0.05) is 6.07 Å². The molecule has 150 valence electrons. The van der Waals surface area contributed by atoms with E-state index in [4.69, 9.17) is 5.11 Å². The van der Waals surface area contributed by atoms with Gasteiger partial charge in [-0.25, -0.2) is 9.48 Å². The number of carbonyl (C=O) groups excluding carboxylic acids is 1. The molecule has 28 heavy (non-hydrogen) atoms. The number of amides is 1. The van der Waals surface area contributed by atoms with Crippen LogP contribution in [0.25, 0.3) is 5.69 Å². The minimum atomic E-state index is -4.50. The number of alkyl halides is 3. The smallest absolute Gasteiger partial charge is 0.416 e. The van der Waals surface area contributed by atoms with E-state index in [-0.39, 0.29) is 37.2 Å². The van der Waals surface area contributed by atoms with Gasteiger partial charge in [-0.05, 0) is 25.1 Å². The molecule has 1 fully saturated rings. The zero-order chi connectivity index (χ0) is 20.7. The Morgan fingerprint density at radius 1 is 1.21 bits per heavy atom. The largest absolute Gasteiger partial charge is 0.479 e. The molecule has 1 aromatic carbocycles. The van der Waals surface area contributed by atoms with Crippen LogP contribution in [0.3, 0.4) is 0 Å². The summed E-state index contributed by atoms with van der Waals surface area (Å²) in [6, 6.07) is 4.61. The van der Waals surface area contributed by atoms with Gasteiger partial charge >= 0.3 is 12.1 Å². The second-order valence-electron chi connectivity index (χ2n) is 6.73. The molecule has 7 nitrogen and oxygen atoms in total. The molecular weight excluding hydrogens is 379 g/mol. The van der Waals surface area contributed by atoms with Crippen molar-refractivity contribution in [3.05, 3.63) is 47.3 Å². The number of carboxylic acid groups (broad SMARTS) is 1. The molecule has 0 atom stereocenters. The lowest BCUT2D eigenvalue weighted by Gasteiger charge is -2.35. The molecule has 0 bridgehead atoms. The van der Waals surface area contributed by atoms with Gasteiger partial charge in [0, 0.05) is 25.9 Å². The first kappa shape index (κ1) is 19.9. The Morgan fingerprint density at radius 2 is 1.86 bits per heavy atom. The van der Waals surface area contributed by atoms with Crippen molar-refractivity contribution in [2.45, 2.75) is 31.5 Å². The van der Waals surface area contributed by atoms with Gasteiger partial charge in [0.05, 0.1) is 28.7 Å². The molecule has 2 aromatic rings. The van der Waals surface area contributed by atoms with Gasteiger partial charge in [0.15, 0.2) is 5.60 Å². The summed E-state index contributed by atoms with van der Waals surface area (Å²) in [5.74, 6) is -1.74. The number of carbonyl (C=O) groups is 2. The Kier molecular flexibility index (Phi) is 4.92. The van der Waals surface area contributed by atoms with Crippen molar-refractivity contribution in [2.24, 2.45) is 0 Å². The van der Waals surface area contributed by atoms with Crippen LogP contribution in [0.4, 0.5) is 13.2 Å². The van der Waals surface area contributed by atoms with E-state index in [1.165, 1.54) is 27.9 Å². The maximum atomic E-state index is 12.9. The Morgan fingerprint density at radius 3 is 2.43 bits per heavy atom. The summed E-state index contributed by atoms with van der Waals surface area (Å²) in [6.07, 6.45) is -3.43. The van der Waals surface area contributed by atoms with Crippen LogP contribution in [0.1, 0.15) is 34.5 Å². The van der Waals surface area contributed by atoms with Gasteiger partial charge in [0.1, 0.15) is 0 Å². The van der Waals surface area contributed by atoms with Gasteiger partial charge < -0.3 is 15.1 Å².